The molecule has 1 aromatic heterocycles. The van der Waals surface area contributed by atoms with E-state index in [1.807, 2.05) is 0 Å². The number of amides is 1. The Morgan fingerprint density at radius 3 is 2.59 bits per heavy atom. The van der Waals surface area contributed by atoms with Gasteiger partial charge in [0.25, 0.3) is 0 Å². The van der Waals surface area contributed by atoms with Crippen molar-refractivity contribution in [2.75, 3.05) is 18.4 Å². The van der Waals surface area contributed by atoms with Crippen LogP contribution in [0.4, 0.5) is 10.1 Å². The fourth-order valence-corrected chi connectivity index (χ4v) is 5.50. The molecule has 1 saturated heterocycles. The molecule has 29 heavy (non-hydrogen) atoms. The van der Waals surface area contributed by atoms with Crippen molar-refractivity contribution in [2.45, 2.75) is 45.1 Å². The molecule has 1 aliphatic rings. The van der Waals surface area contributed by atoms with Crippen LogP contribution in [0, 0.1) is 25.6 Å². The van der Waals surface area contributed by atoms with Crippen LogP contribution in [0.1, 0.15) is 31.2 Å². The van der Waals surface area contributed by atoms with Crippen LogP contribution in [0.3, 0.4) is 0 Å². The standard InChI is InChI=1S/C19H24ClFN4O3S/c1-12-6-8-24(9-7-12)29(27,28)19-13(2)23-25(14(19)3)11-18(26)22-15-4-5-17(21)16(20)10-15/h4-5,10,12H,6-9,11H2,1-3H3,(H,22,26). The molecule has 10 heteroatoms. The molecule has 7 nitrogen and oxygen atoms in total. The zero-order valence-corrected chi connectivity index (χ0v) is 18.1. The lowest BCUT2D eigenvalue weighted by molar-refractivity contribution is -0.116. The van der Waals surface area contributed by atoms with Crippen LogP contribution in [-0.4, -0.2) is 41.5 Å². The van der Waals surface area contributed by atoms with Gasteiger partial charge < -0.3 is 5.32 Å². The van der Waals surface area contributed by atoms with Gasteiger partial charge in [-0.2, -0.15) is 9.40 Å². The van der Waals surface area contributed by atoms with Crippen LogP contribution < -0.4 is 5.32 Å². The van der Waals surface area contributed by atoms with Gasteiger partial charge in [0.2, 0.25) is 15.9 Å². The molecule has 0 atom stereocenters. The van der Waals surface area contributed by atoms with Crippen LogP contribution in [0.5, 0.6) is 0 Å². The Balaban J connectivity index is 1.78. The van der Waals surface area contributed by atoms with Gasteiger partial charge in [-0.25, -0.2) is 12.8 Å². The lowest BCUT2D eigenvalue weighted by Gasteiger charge is -2.29. The Bertz CT molecular complexity index is 1030. The van der Waals surface area contributed by atoms with Crippen molar-refractivity contribution in [3.05, 3.63) is 40.4 Å². The zero-order valence-electron chi connectivity index (χ0n) is 16.6. The number of hydrogen-bond acceptors (Lipinski definition) is 4. The molecule has 0 aliphatic carbocycles. The average molecular weight is 443 g/mol. The molecule has 1 fully saturated rings. The minimum atomic E-state index is -3.67. The number of hydrogen-bond donors (Lipinski definition) is 1. The van der Waals surface area contributed by atoms with Gasteiger partial charge in [0.15, 0.2) is 0 Å². The number of aromatic nitrogens is 2. The molecule has 3 rings (SSSR count). The summed E-state index contributed by atoms with van der Waals surface area (Å²) in [5.74, 6) is -0.491. The Morgan fingerprint density at radius 2 is 1.97 bits per heavy atom. The van der Waals surface area contributed by atoms with E-state index in [0.29, 0.717) is 36.1 Å². The number of benzene rings is 1. The van der Waals surface area contributed by atoms with Crippen molar-refractivity contribution in [1.82, 2.24) is 14.1 Å². The topological polar surface area (TPSA) is 84.3 Å². The van der Waals surface area contributed by atoms with Crippen molar-refractivity contribution >= 4 is 33.2 Å². The second-order valence-corrected chi connectivity index (χ2v) is 9.70. The first-order chi connectivity index (χ1) is 13.6. The number of piperidine rings is 1. The van der Waals surface area contributed by atoms with E-state index in [-0.39, 0.29) is 16.5 Å². The third-order valence-corrected chi connectivity index (χ3v) is 7.59. The van der Waals surface area contributed by atoms with Gasteiger partial charge >= 0.3 is 0 Å². The maximum absolute atomic E-state index is 13.3. The maximum atomic E-state index is 13.3. The first-order valence-electron chi connectivity index (χ1n) is 9.38. The molecule has 1 N–H and O–H groups in total. The van der Waals surface area contributed by atoms with Crippen LogP contribution in [-0.2, 0) is 21.4 Å². The molecule has 0 radical (unpaired) electrons. The van der Waals surface area contributed by atoms with Gasteiger partial charge in [-0.3, -0.25) is 9.48 Å². The van der Waals surface area contributed by atoms with Crippen LogP contribution in [0.2, 0.25) is 5.02 Å². The predicted octanol–water partition coefficient (Wildman–Crippen LogP) is 3.35. The number of aryl methyl sites for hydroxylation is 1. The molecule has 0 saturated carbocycles. The Labute approximate surface area is 174 Å². The molecule has 0 spiro atoms. The van der Waals surface area contributed by atoms with Crippen molar-refractivity contribution < 1.29 is 17.6 Å². The number of carbonyl (C=O) groups is 1. The van der Waals surface area contributed by atoms with Crippen LogP contribution >= 0.6 is 11.6 Å². The normalized spacial score (nSPS) is 16.2. The highest BCUT2D eigenvalue weighted by Crippen LogP contribution is 2.27. The van der Waals surface area contributed by atoms with Crippen molar-refractivity contribution in [3.8, 4) is 0 Å². The quantitative estimate of drug-likeness (QED) is 0.769. The van der Waals surface area contributed by atoms with E-state index < -0.39 is 21.7 Å². The summed E-state index contributed by atoms with van der Waals surface area (Å²) in [6, 6.07) is 3.86. The number of anilines is 1. The highest BCUT2D eigenvalue weighted by Gasteiger charge is 2.33. The van der Waals surface area contributed by atoms with E-state index in [1.165, 1.54) is 21.1 Å². The molecule has 2 aromatic rings. The Morgan fingerprint density at radius 1 is 1.31 bits per heavy atom. The molecule has 0 unspecified atom stereocenters. The number of carbonyl (C=O) groups excluding carboxylic acids is 1. The molecule has 1 amide bonds. The van der Waals surface area contributed by atoms with E-state index in [4.69, 9.17) is 11.6 Å². The van der Waals surface area contributed by atoms with E-state index in [1.54, 1.807) is 13.8 Å². The molecular formula is C19H24ClFN4O3S. The van der Waals surface area contributed by atoms with Gasteiger partial charge in [0.1, 0.15) is 17.3 Å². The second-order valence-electron chi connectivity index (χ2n) is 7.42. The molecule has 158 valence electrons. The van der Waals surface area contributed by atoms with Gasteiger partial charge in [-0.05, 0) is 50.8 Å². The third-order valence-electron chi connectivity index (χ3n) is 5.15. The lowest BCUT2D eigenvalue weighted by atomic mass is 10.0. The van der Waals surface area contributed by atoms with Crippen molar-refractivity contribution in [3.63, 3.8) is 0 Å². The number of nitrogens with zero attached hydrogens (tertiary/aromatic N) is 3. The molecule has 2 heterocycles. The maximum Gasteiger partial charge on any atom is 0.246 e. The monoisotopic (exact) mass is 442 g/mol. The van der Waals surface area contributed by atoms with E-state index in [2.05, 4.69) is 17.3 Å². The molecule has 1 aromatic carbocycles. The van der Waals surface area contributed by atoms with Crippen molar-refractivity contribution in [1.29, 1.82) is 0 Å². The highest BCUT2D eigenvalue weighted by atomic mass is 35.5. The predicted molar refractivity (Wildman–Crippen MR) is 109 cm³/mol. The van der Waals surface area contributed by atoms with Crippen LogP contribution in [0.25, 0.3) is 0 Å². The summed E-state index contributed by atoms with van der Waals surface area (Å²) in [6.45, 7) is 6.18. The fourth-order valence-electron chi connectivity index (χ4n) is 3.47. The van der Waals surface area contributed by atoms with Gasteiger partial charge in [-0.1, -0.05) is 18.5 Å². The second kappa shape index (κ2) is 8.41. The summed E-state index contributed by atoms with van der Waals surface area (Å²) in [4.78, 5) is 12.5. The lowest BCUT2D eigenvalue weighted by Crippen LogP contribution is -2.38. The van der Waals surface area contributed by atoms with E-state index in [0.717, 1.165) is 18.9 Å². The molecular weight excluding hydrogens is 419 g/mol. The third kappa shape index (κ3) is 4.62. The Hall–Kier alpha value is -1.97. The summed E-state index contributed by atoms with van der Waals surface area (Å²) in [6.07, 6.45) is 1.65. The number of halogens is 2. The Kier molecular flexibility index (Phi) is 6.30. The number of nitrogens with one attached hydrogen (secondary N) is 1. The smallest absolute Gasteiger partial charge is 0.246 e. The highest BCUT2D eigenvalue weighted by molar-refractivity contribution is 7.89. The summed E-state index contributed by atoms with van der Waals surface area (Å²) in [7, 11) is -3.67. The van der Waals surface area contributed by atoms with Gasteiger partial charge in [0.05, 0.1) is 16.4 Å². The fraction of sp³-hybridized carbons (Fsp3) is 0.474. The van der Waals surface area contributed by atoms with Crippen LogP contribution in [0.15, 0.2) is 23.1 Å². The largest absolute Gasteiger partial charge is 0.324 e. The SMILES string of the molecule is Cc1nn(CC(=O)Nc2ccc(F)c(Cl)c2)c(C)c1S(=O)(=O)N1CCC(C)CC1. The summed E-state index contributed by atoms with van der Waals surface area (Å²) >= 11 is 5.72. The number of sulfonamides is 1. The first-order valence-corrected chi connectivity index (χ1v) is 11.2. The average Bonchev–Trinajstić information content (AvgIpc) is 2.92. The number of rotatable bonds is 5. The van der Waals surface area contributed by atoms with Crippen molar-refractivity contribution in [2.24, 2.45) is 5.92 Å². The molecule has 1 aliphatic heterocycles. The van der Waals surface area contributed by atoms with Gasteiger partial charge in [-0.15, -0.1) is 0 Å². The molecule has 0 bridgehead atoms. The minimum Gasteiger partial charge on any atom is -0.324 e. The minimum absolute atomic E-state index is 0.0989. The van der Waals surface area contributed by atoms with Gasteiger partial charge in [0, 0.05) is 18.8 Å². The van der Waals surface area contributed by atoms with E-state index in [9.17, 15) is 17.6 Å². The summed E-state index contributed by atoms with van der Waals surface area (Å²) in [5.41, 5.74) is 1.12. The summed E-state index contributed by atoms with van der Waals surface area (Å²) < 4.78 is 42.3. The van der Waals surface area contributed by atoms with E-state index >= 15 is 0 Å². The first kappa shape index (κ1) is 21.7. The zero-order chi connectivity index (χ0) is 21.3. The summed E-state index contributed by atoms with van der Waals surface area (Å²) in [5, 5.41) is 6.78.